The third kappa shape index (κ3) is 2.61. The molecule has 2 aliphatic rings. The molecule has 0 aliphatic carbocycles. The summed E-state index contributed by atoms with van der Waals surface area (Å²) in [5.41, 5.74) is 2.06. The van der Waals surface area contributed by atoms with Gasteiger partial charge in [-0.25, -0.2) is 8.42 Å². The van der Waals surface area contributed by atoms with Crippen LogP contribution in [0.4, 0.5) is 11.4 Å². The second kappa shape index (κ2) is 6.32. The smallest absolute Gasteiger partial charge is 0.264 e. The van der Waals surface area contributed by atoms with Crippen molar-refractivity contribution < 1.29 is 13.2 Å². The van der Waals surface area contributed by atoms with Crippen LogP contribution in [-0.2, 0) is 21.2 Å². The van der Waals surface area contributed by atoms with Crippen LogP contribution in [0.2, 0.25) is 0 Å². The number of benzene rings is 2. The van der Waals surface area contributed by atoms with Crippen LogP contribution < -0.4 is 9.21 Å². The zero-order valence-corrected chi connectivity index (χ0v) is 16.3. The van der Waals surface area contributed by atoms with Gasteiger partial charge in [-0.3, -0.25) is 9.10 Å². The number of hydrogen-bond acceptors (Lipinski definition) is 4. The highest BCUT2D eigenvalue weighted by molar-refractivity contribution is 8.00. The van der Waals surface area contributed by atoms with E-state index in [4.69, 9.17) is 0 Å². The van der Waals surface area contributed by atoms with Crippen LogP contribution in [0.3, 0.4) is 0 Å². The predicted molar refractivity (Wildman–Crippen MR) is 104 cm³/mol. The maximum absolute atomic E-state index is 13.4. The van der Waals surface area contributed by atoms with Crippen LogP contribution in [0.1, 0.15) is 19.4 Å². The van der Waals surface area contributed by atoms with Gasteiger partial charge in [0.2, 0.25) is 5.91 Å². The minimum absolute atomic E-state index is 0.0150. The van der Waals surface area contributed by atoms with Gasteiger partial charge >= 0.3 is 0 Å². The molecule has 4 rings (SSSR count). The Morgan fingerprint density at radius 1 is 1.19 bits per heavy atom. The standard InChI is InChI=1S/C19H20N2O3S2/c1-3-21(14-7-5-4-6-8-14)26(23,24)17-10-9-16-19-15(17)11-18(22)20(19)12-13(2)25-16/h4-10,13H,3,11-12H2,1-2H3. The summed E-state index contributed by atoms with van der Waals surface area (Å²) in [4.78, 5) is 15.5. The molecule has 2 aliphatic heterocycles. The number of carbonyl (C=O) groups is 1. The molecular weight excluding hydrogens is 368 g/mol. The molecule has 1 unspecified atom stereocenters. The molecule has 0 saturated heterocycles. The lowest BCUT2D eigenvalue weighted by atomic mass is 10.1. The van der Waals surface area contributed by atoms with Crippen molar-refractivity contribution >= 4 is 39.1 Å². The third-order valence-electron chi connectivity index (χ3n) is 4.77. The molecule has 0 fully saturated rings. The molecule has 2 aromatic carbocycles. The Balaban J connectivity index is 1.86. The zero-order chi connectivity index (χ0) is 18.5. The molecule has 0 radical (unpaired) electrons. The normalized spacial score (nSPS) is 18.8. The first-order valence-corrected chi connectivity index (χ1v) is 11.0. The SMILES string of the molecule is CCN(c1ccccc1)S(=O)(=O)c1ccc2c3c1CC(=O)N3CC(C)S2. The predicted octanol–water partition coefficient (Wildman–Crippen LogP) is 3.29. The molecule has 5 nitrogen and oxygen atoms in total. The van der Waals surface area contributed by atoms with Gasteiger partial charge in [-0.1, -0.05) is 25.1 Å². The summed E-state index contributed by atoms with van der Waals surface area (Å²) in [6.07, 6.45) is 0.150. The van der Waals surface area contributed by atoms with E-state index in [2.05, 4.69) is 6.92 Å². The Labute approximate surface area is 158 Å². The molecule has 1 atom stereocenters. The fourth-order valence-corrected chi connectivity index (χ4v) is 6.53. The Morgan fingerprint density at radius 3 is 2.62 bits per heavy atom. The molecule has 2 heterocycles. The van der Waals surface area contributed by atoms with E-state index < -0.39 is 10.0 Å². The monoisotopic (exact) mass is 388 g/mol. The van der Waals surface area contributed by atoms with Gasteiger partial charge in [-0.2, -0.15) is 0 Å². The average Bonchev–Trinajstić information content (AvgIpc) is 2.93. The van der Waals surface area contributed by atoms with Crippen molar-refractivity contribution in [3.05, 3.63) is 48.0 Å². The van der Waals surface area contributed by atoms with Crippen LogP contribution in [0.15, 0.2) is 52.3 Å². The molecule has 26 heavy (non-hydrogen) atoms. The Hall–Kier alpha value is -1.99. The lowest BCUT2D eigenvalue weighted by Gasteiger charge is -2.30. The molecule has 0 aromatic heterocycles. The first-order valence-electron chi connectivity index (χ1n) is 8.64. The van der Waals surface area contributed by atoms with Crippen LogP contribution in [0.5, 0.6) is 0 Å². The van der Waals surface area contributed by atoms with E-state index >= 15 is 0 Å². The summed E-state index contributed by atoms with van der Waals surface area (Å²) in [5.74, 6) is -0.0150. The van der Waals surface area contributed by atoms with E-state index in [-0.39, 0.29) is 17.2 Å². The quantitative estimate of drug-likeness (QED) is 0.807. The van der Waals surface area contributed by atoms with Crippen LogP contribution in [0.25, 0.3) is 0 Å². The summed E-state index contributed by atoms with van der Waals surface area (Å²) in [6.45, 7) is 4.85. The number of thioether (sulfide) groups is 1. The first kappa shape index (κ1) is 17.4. The molecule has 0 spiro atoms. The Bertz CT molecular complexity index is 974. The van der Waals surface area contributed by atoms with Gasteiger partial charge in [0.25, 0.3) is 10.0 Å². The molecule has 1 amide bonds. The minimum atomic E-state index is -3.75. The van der Waals surface area contributed by atoms with Crippen molar-refractivity contribution in [3.63, 3.8) is 0 Å². The van der Waals surface area contributed by atoms with Gasteiger partial charge in [-0.15, -0.1) is 11.8 Å². The summed E-state index contributed by atoms with van der Waals surface area (Å²) in [7, 11) is -3.75. The Kier molecular flexibility index (Phi) is 4.23. The number of anilines is 2. The fraction of sp³-hybridized carbons (Fsp3) is 0.316. The maximum atomic E-state index is 13.4. The first-order chi connectivity index (χ1) is 12.4. The molecule has 0 saturated carbocycles. The van der Waals surface area contributed by atoms with Crippen molar-refractivity contribution in [2.75, 3.05) is 22.3 Å². The second-order valence-electron chi connectivity index (χ2n) is 6.50. The topological polar surface area (TPSA) is 57.7 Å². The highest BCUT2D eigenvalue weighted by Crippen LogP contribution is 2.47. The van der Waals surface area contributed by atoms with Crippen LogP contribution >= 0.6 is 11.8 Å². The highest BCUT2D eigenvalue weighted by Gasteiger charge is 2.39. The molecule has 2 aromatic rings. The molecule has 7 heteroatoms. The van der Waals surface area contributed by atoms with Crippen LogP contribution in [0, 0.1) is 0 Å². The van der Waals surface area contributed by atoms with Crippen molar-refractivity contribution in [2.45, 2.75) is 35.3 Å². The van der Waals surface area contributed by atoms with Crippen molar-refractivity contribution in [1.29, 1.82) is 0 Å². The van der Waals surface area contributed by atoms with Crippen molar-refractivity contribution in [2.24, 2.45) is 0 Å². The van der Waals surface area contributed by atoms with Gasteiger partial charge in [0.15, 0.2) is 0 Å². The lowest BCUT2D eigenvalue weighted by Crippen LogP contribution is -2.35. The second-order valence-corrected chi connectivity index (χ2v) is 9.81. The highest BCUT2D eigenvalue weighted by atomic mass is 32.2. The van der Waals surface area contributed by atoms with E-state index in [0.717, 1.165) is 10.6 Å². The number of hydrogen-bond donors (Lipinski definition) is 0. The fourth-order valence-electron chi connectivity index (χ4n) is 3.68. The molecular formula is C19H20N2O3S2. The van der Waals surface area contributed by atoms with E-state index in [0.29, 0.717) is 29.6 Å². The minimum Gasteiger partial charge on any atom is -0.310 e. The summed E-state index contributed by atoms with van der Waals surface area (Å²) >= 11 is 1.70. The van der Waals surface area contributed by atoms with Gasteiger partial charge in [0, 0.05) is 28.8 Å². The number of amides is 1. The number of rotatable bonds is 4. The van der Waals surface area contributed by atoms with Gasteiger partial charge in [0.05, 0.1) is 22.7 Å². The lowest BCUT2D eigenvalue weighted by molar-refractivity contribution is -0.117. The number of nitrogens with zero attached hydrogens (tertiary/aromatic N) is 2. The van der Waals surface area contributed by atoms with Gasteiger partial charge in [0.1, 0.15) is 0 Å². The number of carbonyl (C=O) groups excluding carboxylic acids is 1. The van der Waals surface area contributed by atoms with Crippen LogP contribution in [-0.4, -0.2) is 32.7 Å². The Morgan fingerprint density at radius 2 is 1.92 bits per heavy atom. The van der Waals surface area contributed by atoms with E-state index in [1.807, 2.05) is 31.2 Å². The van der Waals surface area contributed by atoms with Gasteiger partial charge in [-0.05, 0) is 31.2 Å². The summed E-state index contributed by atoms with van der Waals surface area (Å²) < 4.78 is 28.2. The van der Waals surface area contributed by atoms with Crippen molar-refractivity contribution in [3.8, 4) is 0 Å². The summed E-state index contributed by atoms with van der Waals surface area (Å²) in [6, 6.07) is 12.6. The number of sulfonamides is 1. The molecule has 0 bridgehead atoms. The van der Waals surface area contributed by atoms with E-state index in [9.17, 15) is 13.2 Å². The maximum Gasteiger partial charge on any atom is 0.264 e. The third-order valence-corrected chi connectivity index (χ3v) is 7.89. The van der Waals surface area contributed by atoms with Gasteiger partial charge < -0.3 is 4.90 Å². The molecule has 136 valence electrons. The van der Waals surface area contributed by atoms with Crippen molar-refractivity contribution in [1.82, 2.24) is 0 Å². The van der Waals surface area contributed by atoms with E-state index in [1.54, 1.807) is 34.9 Å². The number of para-hydroxylation sites is 1. The largest absolute Gasteiger partial charge is 0.310 e. The zero-order valence-electron chi connectivity index (χ0n) is 14.7. The molecule has 0 N–H and O–H groups in total. The average molecular weight is 389 g/mol. The summed E-state index contributed by atoms with van der Waals surface area (Å²) in [5, 5.41) is 0.302. The van der Waals surface area contributed by atoms with E-state index in [1.165, 1.54) is 4.31 Å².